The third kappa shape index (κ3) is 3.06. The molecule has 3 N–H and O–H groups in total. The first kappa shape index (κ1) is 12.7. The Labute approximate surface area is 94.2 Å². The summed E-state index contributed by atoms with van der Waals surface area (Å²) in [5, 5.41) is 2.15. The molecule has 88 valence electrons. The summed E-state index contributed by atoms with van der Waals surface area (Å²) in [6, 6.07) is 2.21. The lowest BCUT2D eigenvalue weighted by Gasteiger charge is -2.12. The molecule has 0 aliphatic heterocycles. The monoisotopic (exact) mass is 250 g/mol. The fourth-order valence-electron chi connectivity index (χ4n) is 1.11. The smallest absolute Gasteiger partial charge is 0.351 e. The number of hydrogen-bond acceptors (Lipinski definition) is 2. The number of nitrogens with two attached hydrogens (primary N) is 1. The second-order valence-electron chi connectivity index (χ2n) is 2.90. The van der Waals surface area contributed by atoms with Gasteiger partial charge in [0.1, 0.15) is 0 Å². The van der Waals surface area contributed by atoms with E-state index in [0.717, 1.165) is 12.1 Å². The van der Waals surface area contributed by atoms with Gasteiger partial charge in [-0.15, -0.1) is 11.8 Å². The molecule has 0 heterocycles. The predicted molar refractivity (Wildman–Crippen MR) is 56.4 cm³/mol. The van der Waals surface area contributed by atoms with Crippen molar-refractivity contribution in [2.75, 3.05) is 11.6 Å². The Kier molecular flexibility index (Phi) is 3.69. The van der Waals surface area contributed by atoms with E-state index in [-0.39, 0.29) is 5.69 Å². The lowest BCUT2D eigenvalue weighted by Crippen LogP contribution is -2.20. The topological polar surface area (TPSA) is 55.1 Å². The Morgan fingerprint density at radius 2 is 2.06 bits per heavy atom. The Bertz CT molecular complexity index is 406. The summed E-state index contributed by atoms with van der Waals surface area (Å²) in [5.41, 5.74) is 4.11. The Morgan fingerprint density at radius 1 is 1.44 bits per heavy atom. The van der Waals surface area contributed by atoms with Crippen LogP contribution < -0.4 is 11.1 Å². The summed E-state index contributed by atoms with van der Waals surface area (Å²) in [6.07, 6.45) is -2.75. The average molecular weight is 250 g/mol. The van der Waals surface area contributed by atoms with E-state index in [4.69, 9.17) is 5.73 Å². The second-order valence-corrected chi connectivity index (χ2v) is 3.75. The summed E-state index contributed by atoms with van der Waals surface area (Å²) in [5.74, 6) is 0. The minimum Gasteiger partial charge on any atom is -0.351 e. The number of anilines is 1. The molecule has 0 aromatic heterocycles. The largest absolute Gasteiger partial charge is 0.416 e. The van der Waals surface area contributed by atoms with Crippen LogP contribution in [0.3, 0.4) is 0 Å². The van der Waals surface area contributed by atoms with E-state index in [1.54, 1.807) is 6.26 Å². The van der Waals surface area contributed by atoms with Gasteiger partial charge in [0.05, 0.1) is 11.3 Å². The van der Waals surface area contributed by atoms with E-state index < -0.39 is 17.8 Å². The van der Waals surface area contributed by atoms with Crippen molar-refractivity contribution in [1.29, 1.82) is 0 Å². The minimum atomic E-state index is -4.44. The molecule has 0 aliphatic carbocycles. The first-order chi connectivity index (χ1) is 7.34. The molecule has 0 aliphatic rings. The summed E-state index contributed by atoms with van der Waals surface area (Å²) in [7, 11) is 0. The van der Waals surface area contributed by atoms with Crippen LogP contribution in [0.25, 0.3) is 0 Å². The highest BCUT2D eigenvalue weighted by atomic mass is 32.2. The number of nitrogens with one attached hydrogen (secondary N) is 1. The van der Waals surface area contributed by atoms with Crippen LogP contribution in [0.15, 0.2) is 23.1 Å². The quantitative estimate of drug-likeness (QED) is 0.793. The van der Waals surface area contributed by atoms with Crippen molar-refractivity contribution in [3.8, 4) is 0 Å². The molecule has 0 bridgehead atoms. The van der Waals surface area contributed by atoms with Crippen LogP contribution >= 0.6 is 11.8 Å². The summed E-state index contributed by atoms with van der Waals surface area (Å²) in [6.45, 7) is 0. The molecule has 0 saturated heterocycles. The van der Waals surface area contributed by atoms with Crippen molar-refractivity contribution in [1.82, 2.24) is 0 Å². The van der Waals surface area contributed by atoms with Crippen molar-refractivity contribution in [3.05, 3.63) is 23.8 Å². The Morgan fingerprint density at radius 3 is 2.50 bits per heavy atom. The van der Waals surface area contributed by atoms with Crippen LogP contribution in [0, 0.1) is 0 Å². The summed E-state index contributed by atoms with van der Waals surface area (Å²) < 4.78 is 37.2. The van der Waals surface area contributed by atoms with Gasteiger partial charge in [0.2, 0.25) is 0 Å². The van der Waals surface area contributed by atoms with Gasteiger partial charge in [-0.1, -0.05) is 0 Å². The van der Waals surface area contributed by atoms with Crippen LogP contribution in [-0.4, -0.2) is 12.3 Å². The zero-order chi connectivity index (χ0) is 12.3. The molecule has 0 saturated carbocycles. The molecule has 0 radical (unpaired) electrons. The molecule has 1 aromatic rings. The fourth-order valence-corrected chi connectivity index (χ4v) is 1.65. The lowest BCUT2D eigenvalue weighted by molar-refractivity contribution is -0.137. The summed E-state index contributed by atoms with van der Waals surface area (Å²) in [4.78, 5) is 11.1. The molecular formula is C9H9F3N2OS. The van der Waals surface area contributed by atoms with E-state index in [9.17, 15) is 18.0 Å². The molecule has 3 nitrogen and oxygen atoms in total. The number of amides is 2. The van der Waals surface area contributed by atoms with Crippen LogP contribution in [0.1, 0.15) is 5.56 Å². The predicted octanol–water partition coefficient (Wildman–Crippen LogP) is 2.92. The number of primary amides is 1. The number of alkyl halides is 3. The van der Waals surface area contributed by atoms with Crippen LogP contribution in [0.5, 0.6) is 0 Å². The summed E-state index contributed by atoms with van der Waals surface area (Å²) >= 11 is 1.22. The average Bonchev–Trinajstić information content (AvgIpc) is 2.15. The highest BCUT2D eigenvalue weighted by molar-refractivity contribution is 7.98. The van der Waals surface area contributed by atoms with Gasteiger partial charge in [0, 0.05) is 4.90 Å². The van der Waals surface area contributed by atoms with Gasteiger partial charge < -0.3 is 11.1 Å². The van der Waals surface area contributed by atoms with E-state index in [0.29, 0.717) is 4.90 Å². The molecular weight excluding hydrogens is 241 g/mol. The fraction of sp³-hybridized carbons (Fsp3) is 0.222. The van der Waals surface area contributed by atoms with E-state index in [2.05, 4.69) is 5.32 Å². The number of benzene rings is 1. The molecule has 0 spiro atoms. The maximum Gasteiger partial charge on any atom is 0.416 e. The maximum atomic E-state index is 12.4. The van der Waals surface area contributed by atoms with Crippen LogP contribution in [0.4, 0.5) is 23.7 Å². The first-order valence-corrected chi connectivity index (χ1v) is 5.38. The third-order valence-corrected chi connectivity index (χ3v) is 2.58. The molecule has 2 amide bonds. The Balaban J connectivity index is 3.16. The first-order valence-electron chi connectivity index (χ1n) is 4.16. The van der Waals surface area contributed by atoms with Crippen LogP contribution in [-0.2, 0) is 6.18 Å². The van der Waals surface area contributed by atoms with Gasteiger partial charge in [-0.3, -0.25) is 0 Å². The van der Waals surface area contributed by atoms with E-state index >= 15 is 0 Å². The van der Waals surface area contributed by atoms with Gasteiger partial charge in [-0.2, -0.15) is 13.2 Å². The minimum absolute atomic E-state index is 0.0647. The number of rotatable bonds is 2. The molecule has 1 rings (SSSR count). The Hall–Kier alpha value is -1.37. The van der Waals surface area contributed by atoms with Gasteiger partial charge in [0.15, 0.2) is 0 Å². The zero-order valence-corrected chi connectivity index (χ0v) is 9.08. The highest BCUT2D eigenvalue weighted by Gasteiger charge is 2.31. The number of urea groups is 1. The number of carbonyl (C=O) groups is 1. The lowest BCUT2D eigenvalue weighted by atomic mass is 10.2. The maximum absolute atomic E-state index is 12.4. The number of thioether (sulfide) groups is 1. The van der Waals surface area contributed by atoms with Crippen molar-refractivity contribution in [3.63, 3.8) is 0 Å². The molecule has 0 unspecified atom stereocenters. The number of carbonyl (C=O) groups excluding carboxylic acids is 1. The van der Waals surface area contributed by atoms with Gasteiger partial charge in [-0.05, 0) is 24.5 Å². The van der Waals surface area contributed by atoms with Crippen molar-refractivity contribution < 1.29 is 18.0 Å². The van der Waals surface area contributed by atoms with E-state index in [1.807, 2.05) is 0 Å². The number of halogens is 3. The number of hydrogen-bond donors (Lipinski definition) is 2. The van der Waals surface area contributed by atoms with Crippen molar-refractivity contribution >= 4 is 23.5 Å². The normalized spacial score (nSPS) is 11.2. The standard InChI is InChI=1S/C9H9F3N2OS/c1-16-7-3-2-5(9(10,11)12)4-6(7)14-8(13)15/h2-4H,1H3,(H3,13,14,15). The van der Waals surface area contributed by atoms with Crippen LogP contribution in [0.2, 0.25) is 0 Å². The zero-order valence-electron chi connectivity index (χ0n) is 8.26. The SMILES string of the molecule is CSc1ccc(C(F)(F)F)cc1NC(N)=O. The molecule has 0 fully saturated rings. The molecule has 7 heteroatoms. The van der Waals surface area contributed by atoms with Gasteiger partial charge in [-0.25, -0.2) is 4.79 Å². The van der Waals surface area contributed by atoms with Crippen molar-refractivity contribution in [2.45, 2.75) is 11.1 Å². The second kappa shape index (κ2) is 4.65. The van der Waals surface area contributed by atoms with E-state index in [1.165, 1.54) is 17.8 Å². The highest BCUT2D eigenvalue weighted by Crippen LogP contribution is 2.34. The molecule has 0 atom stereocenters. The van der Waals surface area contributed by atoms with Crippen molar-refractivity contribution in [2.24, 2.45) is 5.73 Å². The molecule has 1 aromatic carbocycles. The van der Waals surface area contributed by atoms with Gasteiger partial charge >= 0.3 is 12.2 Å². The third-order valence-electron chi connectivity index (χ3n) is 1.78. The van der Waals surface area contributed by atoms with Gasteiger partial charge in [0.25, 0.3) is 0 Å². The molecule has 16 heavy (non-hydrogen) atoms.